The van der Waals surface area contributed by atoms with Crippen LogP contribution >= 0.6 is 23.4 Å². The Kier molecular flexibility index (Phi) is 6.83. The van der Waals surface area contributed by atoms with Crippen LogP contribution in [0, 0.1) is 12.7 Å². The predicted molar refractivity (Wildman–Crippen MR) is 109 cm³/mol. The highest BCUT2D eigenvalue weighted by Gasteiger charge is 2.32. The first-order chi connectivity index (χ1) is 11.6. The molecule has 3 heterocycles. The van der Waals surface area contributed by atoms with Crippen molar-refractivity contribution >= 4 is 34.1 Å². The Morgan fingerprint density at radius 2 is 2.00 bits per heavy atom. The number of likely N-dealkylation sites (tertiary alicyclic amines) is 1. The molecular weight excluding hydrogens is 357 g/mol. The maximum absolute atomic E-state index is 13.7. The van der Waals surface area contributed by atoms with Gasteiger partial charge in [0.2, 0.25) is 0 Å². The molecule has 6 heteroatoms. The fourth-order valence-electron chi connectivity index (χ4n) is 2.87. The van der Waals surface area contributed by atoms with E-state index in [1.54, 1.807) is 6.92 Å². The molecule has 4 rings (SSSR count). The Bertz CT molecular complexity index is 685. The number of aryl methyl sites for hydroxylation is 1. The van der Waals surface area contributed by atoms with Gasteiger partial charge in [0.15, 0.2) is 0 Å². The van der Waals surface area contributed by atoms with Crippen LogP contribution < -0.4 is 10.6 Å². The minimum absolute atomic E-state index is 0. The van der Waals surface area contributed by atoms with Crippen molar-refractivity contribution in [2.75, 3.05) is 18.4 Å². The summed E-state index contributed by atoms with van der Waals surface area (Å²) in [4.78, 5) is 3.62. The number of fused-ring (bicyclic) bond motifs is 1. The molecule has 138 valence electrons. The lowest BCUT2D eigenvalue weighted by Gasteiger charge is -2.36. The van der Waals surface area contributed by atoms with Crippen LogP contribution in [-0.2, 0) is 0 Å². The molecule has 2 atom stereocenters. The number of nitrogens with zero attached hydrogens (tertiary/aromatic N) is 1. The van der Waals surface area contributed by atoms with Crippen molar-refractivity contribution in [3.63, 3.8) is 0 Å². The largest absolute Gasteiger partial charge is 0.374 e. The Morgan fingerprint density at radius 3 is 2.64 bits per heavy atom. The maximum Gasteiger partial charge on any atom is 0.132 e. The summed E-state index contributed by atoms with van der Waals surface area (Å²) in [6.07, 6.45) is 5.30. The monoisotopic (exact) mass is 383 g/mol. The molecule has 0 aromatic heterocycles. The Morgan fingerprint density at radius 1 is 1.28 bits per heavy atom. The third-order valence-electron chi connectivity index (χ3n) is 4.32. The first-order valence-corrected chi connectivity index (χ1v) is 9.69. The van der Waals surface area contributed by atoms with E-state index in [4.69, 9.17) is 11.6 Å². The number of benzene rings is 1. The second-order valence-corrected chi connectivity index (χ2v) is 7.42. The molecule has 25 heavy (non-hydrogen) atoms. The van der Waals surface area contributed by atoms with Crippen molar-refractivity contribution in [1.82, 2.24) is 10.2 Å². The zero-order valence-corrected chi connectivity index (χ0v) is 15.8. The Balaban J connectivity index is 0.000000726. The predicted octanol–water partition coefficient (Wildman–Crippen LogP) is 5.34. The van der Waals surface area contributed by atoms with E-state index in [1.807, 2.05) is 37.8 Å². The normalized spacial score (nSPS) is 24.2. The van der Waals surface area contributed by atoms with Crippen molar-refractivity contribution in [2.45, 2.75) is 46.2 Å². The summed E-state index contributed by atoms with van der Waals surface area (Å²) in [6, 6.07) is 3.37. The summed E-state index contributed by atoms with van der Waals surface area (Å²) in [5, 5.41) is 7.48. The van der Waals surface area contributed by atoms with Gasteiger partial charge in [0.1, 0.15) is 11.3 Å². The molecule has 3 aliphatic rings. The van der Waals surface area contributed by atoms with Gasteiger partial charge in [-0.2, -0.15) is 0 Å². The summed E-state index contributed by atoms with van der Waals surface area (Å²) in [6.45, 7) is 8.08. The fourth-order valence-corrected chi connectivity index (χ4v) is 4.31. The van der Waals surface area contributed by atoms with E-state index >= 15 is 0 Å². The van der Waals surface area contributed by atoms with Gasteiger partial charge in [0.25, 0.3) is 0 Å². The first-order valence-electron chi connectivity index (χ1n) is 8.43. The van der Waals surface area contributed by atoms with E-state index in [-0.39, 0.29) is 19.3 Å². The number of anilines is 1. The average Bonchev–Trinajstić information content (AvgIpc) is 2.99. The number of rotatable bonds is 2. The van der Waals surface area contributed by atoms with Gasteiger partial charge in [-0.15, -0.1) is 0 Å². The second-order valence-electron chi connectivity index (χ2n) is 5.86. The van der Waals surface area contributed by atoms with E-state index in [1.165, 1.54) is 17.4 Å². The lowest BCUT2D eigenvalue weighted by Crippen LogP contribution is -2.47. The molecule has 3 aliphatic heterocycles. The van der Waals surface area contributed by atoms with Crippen molar-refractivity contribution in [2.24, 2.45) is 0 Å². The smallest absolute Gasteiger partial charge is 0.132 e. The molecule has 0 saturated carbocycles. The van der Waals surface area contributed by atoms with Crippen LogP contribution in [0.4, 0.5) is 10.1 Å². The topological polar surface area (TPSA) is 27.3 Å². The molecule has 0 spiro atoms. The maximum atomic E-state index is 13.7. The van der Waals surface area contributed by atoms with Gasteiger partial charge in [-0.1, -0.05) is 44.6 Å². The number of thioether (sulfide) groups is 1. The average molecular weight is 384 g/mol. The van der Waals surface area contributed by atoms with Crippen LogP contribution in [0.3, 0.4) is 0 Å². The number of hydrogen-bond donors (Lipinski definition) is 2. The minimum Gasteiger partial charge on any atom is -0.374 e. The van der Waals surface area contributed by atoms with Crippen molar-refractivity contribution in [1.29, 1.82) is 0 Å². The summed E-state index contributed by atoms with van der Waals surface area (Å²) in [5.41, 5.74) is 2.58. The zero-order chi connectivity index (χ0) is 17.3. The molecule has 1 saturated heterocycles. The quantitative estimate of drug-likeness (QED) is 0.721. The Hall–Kier alpha value is -1.17. The molecule has 0 aliphatic carbocycles. The summed E-state index contributed by atoms with van der Waals surface area (Å²) in [7, 11) is 0. The van der Waals surface area contributed by atoms with E-state index in [9.17, 15) is 4.39 Å². The van der Waals surface area contributed by atoms with Crippen molar-refractivity contribution < 1.29 is 4.39 Å². The summed E-state index contributed by atoms with van der Waals surface area (Å²) < 4.78 is 13.7. The third kappa shape index (κ3) is 3.99. The molecule has 0 radical (unpaired) electrons. The molecule has 0 amide bonds. The summed E-state index contributed by atoms with van der Waals surface area (Å²) in [5.74, 6) is -0.223. The zero-order valence-electron chi connectivity index (χ0n) is 14.2. The second kappa shape index (κ2) is 8.47. The number of nitrogens with one attached hydrogen (secondary N) is 2. The van der Waals surface area contributed by atoms with Crippen LogP contribution in [0.1, 0.15) is 38.8 Å². The van der Waals surface area contributed by atoms with Crippen molar-refractivity contribution in [3.05, 3.63) is 46.3 Å². The van der Waals surface area contributed by atoms with Crippen molar-refractivity contribution in [3.8, 4) is 0 Å². The molecule has 0 bridgehead atoms. The van der Waals surface area contributed by atoms with Gasteiger partial charge in [0, 0.05) is 40.5 Å². The molecule has 1 aromatic carbocycles. The molecule has 1 fully saturated rings. The van der Waals surface area contributed by atoms with Crippen LogP contribution in [0.15, 0.2) is 29.3 Å². The molecule has 2 unspecified atom stereocenters. The lowest BCUT2D eigenvalue weighted by atomic mass is 10.0. The van der Waals surface area contributed by atoms with Crippen LogP contribution in [-0.4, -0.2) is 29.5 Å². The fraction of sp³-hybridized carbons (Fsp3) is 0.474. The highest BCUT2D eigenvalue weighted by atomic mass is 35.5. The number of halogens is 2. The van der Waals surface area contributed by atoms with Gasteiger partial charge in [-0.3, -0.25) is 4.90 Å². The van der Waals surface area contributed by atoms with Gasteiger partial charge in [-0.05, 0) is 37.1 Å². The van der Waals surface area contributed by atoms with Gasteiger partial charge in [-0.25, -0.2) is 4.39 Å². The Labute approximate surface area is 159 Å². The molecule has 1 aromatic rings. The van der Waals surface area contributed by atoms with Gasteiger partial charge < -0.3 is 10.6 Å². The number of hydrogen-bond acceptors (Lipinski definition) is 4. The van der Waals surface area contributed by atoms with Gasteiger partial charge >= 0.3 is 0 Å². The molecular formula is C19H27ClFN3S. The van der Waals surface area contributed by atoms with Gasteiger partial charge in [0.05, 0.1) is 6.04 Å². The van der Waals surface area contributed by atoms with Crippen LogP contribution in [0.25, 0.3) is 5.03 Å². The highest BCUT2D eigenvalue weighted by molar-refractivity contribution is 8.03. The van der Waals surface area contributed by atoms with E-state index in [0.717, 1.165) is 24.3 Å². The van der Waals surface area contributed by atoms with Crippen LogP contribution in [0.2, 0.25) is 0 Å². The van der Waals surface area contributed by atoms with E-state index < -0.39 is 0 Å². The van der Waals surface area contributed by atoms with E-state index in [2.05, 4.69) is 21.7 Å². The SMILES string of the molecule is C.CC.Cc1cc2c(cc1F)C(Cl)=CC(C1=CNC(N3CCC3)S1)N2. The van der Waals surface area contributed by atoms with E-state index in [0.29, 0.717) is 16.1 Å². The highest BCUT2D eigenvalue weighted by Crippen LogP contribution is 2.40. The molecule has 2 N–H and O–H groups in total. The van der Waals surface area contributed by atoms with Crippen LogP contribution in [0.5, 0.6) is 0 Å². The summed E-state index contributed by atoms with van der Waals surface area (Å²) >= 11 is 8.19. The lowest BCUT2D eigenvalue weighted by molar-refractivity contribution is 0.157. The molecule has 3 nitrogen and oxygen atoms in total. The third-order valence-corrected chi connectivity index (χ3v) is 5.96. The minimum atomic E-state index is -0.223. The first kappa shape index (κ1) is 20.1. The standard InChI is InChI=1S/C16H17ClFN3S.C2H6.CH4/c1-9-5-13-10(6-12(9)18)11(17)7-14(20-13)15-8-19-16(22-15)21-3-2-4-21;1-2;/h5-8,14,16,19-20H,2-4H2,1H3;1-2H3;1H4.